The topological polar surface area (TPSA) is 43.1 Å². The minimum atomic E-state index is -1.07. The molecule has 0 heterocycles. The van der Waals surface area contributed by atoms with Gasteiger partial charge in [0.25, 0.3) is 0 Å². The summed E-state index contributed by atoms with van der Waals surface area (Å²) in [5.74, 6) is 0.625. The lowest BCUT2D eigenvalue weighted by atomic mass is 10.6. The number of rotatable bonds is 2. The van der Waals surface area contributed by atoms with Crippen LogP contribution in [-0.2, 0) is 11.0 Å². The second kappa shape index (κ2) is 3.31. The van der Waals surface area contributed by atoms with Crippen molar-refractivity contribution in [3.8, 4) is 0 Å². The number of nitrogens with two attached hydrogens (primary N) is 1. The molecule has 0 saturated carbocycles. The van der Waals surface area contributed by atoms with Crippen LogP contribution in [0.3, 0.4) is 0 Å². The van der Waals surface area contributed by atoms with E-state index in [0.717, 1.165) is 6.42 Å². The molecular formula is C3H9NOS. The first-order valence-electron chi connectivity index (χ1n) is 1.90. The maximum atomic E-state index is 9.93. The summed E-state index contributed by atoms with van der Waals surface area (Å²) in [6.07, 6.45) is 0.906. The fourth-order valence-electron chi connectivity index (χ4n) is 0.201. The first-order valence-corrected chi connectivity index (χ1v) is 3.28. The minimum absolute atomic E-state index is 0.625. The molecule has 0 aliphatic rings. The predicted molar refractivity (Wildman–Crippen MR) is 27.5 cm³/mol. The van der Waals surface area contributed by atoms with Crippen LogP contribution in [0.1, 0.15) is 13.3 Å². The Labute approximate surface area is 40.3 Å². The van der Waals surface area contributed by atoms with E-state index in [-0.39, 0.29) is 0 Å². The van der Waals surface area contributed by atoms with Gasteiger partial charge >= 0.3 is 0 Å². The first-order chi connectivity index (χ1) is 2.77. The van der Waals surface area contributed by atoms with Crippen LogP contribution in [0.5, 0.6) is 0 Å². The zero-order valence-electron chi connectivity index (χ0n) is 3.81. The summed E-state index contributed by atoms with van der Waals surface area (Å²) in [6, 6.07) is 0. The Kier molecular flexibility index (Phi) is 3.37. The molecule has 6 heavy (non-hydrogen) atoms. The van der Waals surface area contributed by atoms with E-state index in [1.165, 1.54) is 0 Å². The van der Waals surface area contributed by atoms with E-state index in [1.807, 2.05) is 6.92 Å². The van der Waals surface area contributed by atoms with Crippen molar-refractivity contribution < 1.29 is 4.21 Å². The molecule has 0 rings (SSSR count). The molecule has 0 bridgehead atoms. The highest BCUT2D eigenvalue weighted by molar-refractivity contribution is 7.82. The molecule has 0 aliphatic carbocycles. The van der Waals surface area contributed by atoms with Gasteiger partial charge in [-0.05, 0) is 6.42 Å². The van der Waals surface area contributed by atoms with Crippen molar-refractivity contribution in [2.45, 2.75) is 13.3 Å². The first kappa shape index (κ1) is 6.11. The molecule has 0 radical (unpaired) electrons. The standard InChI is InChI=1S/C3H9NOS/c1-2-3-6(4)5/h2-4H2,1H3/t6-/m0/s1. The van der Waals surface area contributed by atoms with Crippen molar-refractivity contribution in [1.82, 2.24) is 0 Å². The van der Waals surface area contributed by atoms with Crippen LogP contribution in [-0.4, -0.2) is 9.96 Å². The minimum Gasteiger partial charge on any atom is -0.252 e. The van der Waals surface area contributed by atoms with Gasteiger partial charge in [-0.1, -0.05) is 6.92 Å². The largest absolute Gasteiger partial charge is 0.252 e. The summed E-state index contributed by atoms with van der Waals surface area (Å²) < 4.78 is 9.93. The van der Waals surface area contributed by atoms with Gasteiger partial charge in [-0.15, -0.1) is 0 Å². The van der Waals surface area contributed by atoms with E-state index in [9.17, 15) is 4.21 Å². The molecular weight excluding hydrogens is 98.1 g/mol. The van der Waals surface area contributed by atoms with E-state index < -0.39 is 11.0 Å². The van der Waals surface area contributed by atoms with Crippen LogP contribution < -0.4 is 5.14 Å². The van der Waals surface area contributed by atoms with E-state index in [4.69, 9.17) is 5.14 Å². The summed E-state index contributed by atoms with van der Waals surface area (Å²) in [7, 11) is -1.07. The van der Waals surface area contributed by atoms with Crippen molar-refractivity contribution in [2.24, 2.45) is 5.14 Å². The highest BCUT2D eigenvalue weighted by Gasteiger charge is 1.81. The lowest BCUT2D eigenvalue weighted by Crippen LogP contribution is -2.05. The molecule has 0 fully saturated rings. The van der Waals surface area contributed by atoms with E-state index in [0.29, 0.717) is 5.75 Å². The van der Waals surface area contributed by atoms with Gasteiger partial charge in [-0.2, -0.15) is 0 Å². The summed E-state index contributed by atoms with van der Waals surface area (Å²) >= 11 is 0. The van der Waals surface area contributed by atoms with Crippen molar-refractivity contribution in [3.05, 3.63) is 0 Å². The van der Waals surface area contributed by atoms with E-state index >= 15 is 0 Å². The average Bonchev–Trinajstić information content (AvgIpc) is 1.35. The zero-order valence-corrected chi connectivity index (χ0v) is 4.62. The fraction of sp³-hybridized carbons (Fsp3) is 1.00. The van der Waals surface area contributed by atoms with Crippen LogP contribution in [0.2, 0.25) is 0 Å². The van der Waals surface area contributed by atoms with Crippen LogP contribution in [0.4, 0.5) is 0 Å². The summed E-state index contributed by atoms with van der Waals surface area (Å²) in [5, 5.41) is 4.88. The van der Waals surface area contributed by atoms with Crippen molar-refractivity contribution in [2.75, 3.05) is 5.75 Å². The van der Waals surface area contributed by atoms with Gasteiger partial charge in [-0.25, -0.2) is 4.21 Å². The van der Waals surface area contributed by atoms with Crippen molar-refractivity contribution >= 4 is 11.0 Å². The third-order valence-electron chi connectivity index (χ3n) is 0.405. The van der Waals surface area contributed by atoms with Crippen molar-refractivity contribution in [3.63, 3.8) is 0 Å². The molecule has 0 aromatic rings. The molecule has 0 aromatic carbocycles. The lowest BCUT2D eigenvalue weighted by molar-refractivity contribution is 0.683. The second-order valence-electron chi connectivity index (χ2n) is 1.08. The van der Waals surface area contributed by atoms with Gasteiger partial charge in [0, 0.05) is 5.75 Å². The molecule has 2 N–H and O–H groups in total. The highest BCUT2D eigenvalue weighted by Crippen LogP contribution is 1.73. The lowest BCUT2D eigenvalue weighted by Gasteiger charge is -1.82. The van der Waals surface area contributed by atoms with Gasteiger partial charge in [0.05, 0.1) is 11.0 Å². The number of hydrogen-bond acceptors (Lipinski definition) is 1. The van der Waals surface area contributed by atoms with E-state index in [2.05, 4.69) is 0 Å². The molecule has 2 nitrogen and oxygen atoms in total. The molecule has 3 heteroatoms. The molecule has 38 valence electrons. The highest BCUT2D eigenvalue weighted by atomic mass is 32.2. The van der Waals surface area contributed by atoms with Gasteiger partial charge in [0.15, 0.2) is 0 Å². The Morgan fingerprint density at radius 2 is 2.33 bits per heavy atom. The zero-order chi connectivity index (χ0) is 4.99. The quantitative estimate of drug-likeness (QED) is 0.531. The Bertz CT molecular complexity index is 54.8. The van der Waals surface area contributed by atoms with Gasteiger partial charge in [0.2, 0.25) is 0 Å². The van der Waals surface area contributed by atoms with Gasteiger partial charge in [0.1, 0.15) is 0 Å². The van der Waals surface area contributed by atoms with Crippen molar-refractivity contribution in [1.29, 1.82) is 0 Å². The average molecular weight is 107 g/mol. The Balaban J connectivity index is 2.83. The van der Waals surface area contributed by atoms with Crippen LogP contribution >= 0.6 is 0 Å². The normalized spacial score (nSPS) is 14.3. The molecule has 0 aromatic heterocycles. The molecule has 0 unspecified atom stereocenters. The Morgan fingerprint density at radius 1 is 1.83 bits per heavy atom. The predicted octanol–water partition coefficient (Wildman–Crippen LogP) is 0.0188. The SMILES string of the molecule is CCC[S@@](N)=O. The van der Waals surface area contributed by atoms with Crippen LogP contribution in [0.25, 0.3) is 0 Å². The van der Waals surface area contributed by atoms with E-state index in [1.54, 1.807) is 0 Å². The third kappa shape index (κ3) is 4.11. The molecule has 0 saturated heterocycles. The maximum Gasteiger partial charge on any atom is 0.0887 e. The molecule has 1 atom stereocenters. The second-order valence-corrected chi connectivity index (χ2v) is 2.25. The summed E-state index contributed by atoms with van der Waals surface area (Å²) in [5.41, 5.74) is 0. The monoisotopic (exact) mass is 107 g/mol. The molecule has 0 aliphatic heterocycles. The summed E-state index contributed by atoms with van der Waals surface area (Å²) in [4.78, 5) is 0. The number of hydrogen-bond donors (Lipinski definition) is 1. The Morgan fingerprint density at radius 3 is 2.33 bits per heavy atom. The molecule has 0 spiro atoms. The Hall–Kier alpha value is 0.110. The maximum absolute atomic E-state index is 9.93. The molecule has 0 amide bonds. The fourth-order valence-corrected chi connectivity index (χ4v) is 0.604. The smallest absolute Gasteiger partial charge is 0.0887 e. The summed E-state index contributed by atoms with van der Waals surface area (Å²) in [6.45, 7) is 1.95. The van der Waals surface area contributed by atoms with Crippen LogP contribution in [0.15, 0.2) is 0 Å². The van der Waals surface area contributed by atoms with Crippen LogP contribution in [0, 0.1) is 0 Å². The van der Waals surface area contributed by atoms with Gasteiger partial charge < -0.3 is 0 Å². The third-order valence-corrected chi connectivity index (χ3v) is 1.22. The van der Waals surface area contributed by atoms with Gasteiger partial charge in [-0.3, -0.25) is 5.14 Å².